The molecule has 2 aromatic carbocycles. The lowest BCUT2D eigenvalue weighted by Crippen LogP contribution is -2.19. The first kappa shape index (κ1) is 23.3. The molecule has 9 heteroatoms. The average molecular weight is 465 g/mol. The van der Waals surface area contributed by atoms with E-state index in [4.69, 9.17) is 14.2 Å². The summed E-state index contributed by atoms with van der Waals surface area (Å²) in [6.07, 6.45) is 1.01. The number of rotatable bonds is 10. The number of carbonyl (C=O) groups is 1. The molecule has 0 spiro atoms. The summed E-state index contributed by atoms with van der Waals surface area (Å²) < 4.78 is 32.1. The standard InChI is InChI=1S/C22H25FN2O4S2/c1-27-13-12-25-20-17(28-2)10-11-18(29-3)21(20)31-22(25)24-19(26)5-4-14-30-16-8-6-15(23)7-9-16/h6-11H,4-5,12-14H2,1-3H3. The molecule has 1 amide bonds. The van der Waals surface area contributed by atoms with E-state index in [2.05, 4.69) is 4.99 Å². The third-order valence-electron chi connectivity index (χ3n) is 4.55. The van der Waals surface area contributed by atoms with Crippen molar-refractivity contribution < 1.29 is 23.4 Å². The number of thiazole rings is 1. The highest BCUT2D eigenvalue weighted by Crippen LogP contribution is 2.35. The molecule has 31 heavy (non-hydrogen) atoms. The van der Waals surface area contributed by atoms with Gasteiger partial charge in [0.25, 0.3) is 0 Å². The van der Waals surface area contributed by atoms with Crippen molar-refractivity contribution in [1.29, 1.82) is 0 Å². The maximum Gasteiger partial charge on any atom is 0.248 e. The van der Waals surface area contributed by atoms with E-state index in [0.29, 0.717) is 42.3 Å². The number of ether oxygens (including phenoxy) is 3. The van der Waals surface area contributed by atoms with Gasteiger partial charge in [0.05, 0.1) is 20.8 Å². The maximum absolute atomic E-state index is 13.0. The fourth-order valence-electron chi connectivity index (χ4n) is 3.04. The number of carbonyl (C=O) groups excluding carboxylic acids is 1. The van der Waals surface area contributed by atoms with Crippen LogP contribution >= 0.6 is 23.1 Å². The topological polar surface area (TPSA) is 62.1 Å². The number of hydrogen-bond donors (Lipinski definition) is 0. The first-order valence-corrected chi connectivity index (χ1v) is 11.6. The van der Waals surface area contributed by atoms with Gasteiger partial charge in [-0.05, 0) is 48.6 Å². The monoisotopic (exact) mass is 464 g/mol. The van der Waals surface area contributed by atoms with Gasteiger partial charge in [0.1, 0.15) is 27.5 Å². The fourth-order valence-corrected chi connectivity index (χ4v) is 5.07. The number of thioether (sulfide) groups is 1. The minimum absolute atomic E-state index is 0.185. The second-order valence-electron chi connectivity index (χ2n) is 6.59. The molecule has 0 aliphatic heterocycles. The Morgan fingerprint density at radius 1 is 1.10 bits per heavy atom. The van der Waals surface area contributed by atoms with Gasteiger partial charge in [-0.15, -0.1) is 11.8 Å². The van der Waals surface area contributed by atoms with Crippen LogP contribution in [0.5, 0.6) is 11.5 Å². The molecule has 0 saturated heterocycles. The van der Waals surface area contributed by atoms with Crippen molar-refractivity contribution >= 4 is 39.2 Å². The van der Waals surface area contributed by atoms with Gasteiger partial charge in [-0.2, -0.15) is 4.99 Å². The van der Waals surface area contributed by atoms with E-state index in [1.165, 1.54) is 23.5 Å². The molecule has 0 bridgehead atoms. The van der Waals surface area contributed by atoms with Crippen molar-refractivity contribution in [3.05, 3.63) is 47.0 Å². The number of methoxy groups -OCH3 is 3. The predicted octanol–water partition coefficient (Wildman–Crippen LogP) is 4.51. The molecule has 0 radical (unpaired) electrons. The lowest BCUT2D eigenvalue weighted by Gasteiger charge is -2.09. The third kappa shape index (κ3) is 5.87. The van der Waals surface area contributed by atoms with Crippen LogP contribution in [0.25, 0.3) is 10.2 Å². The molecule has 3 rings (SSSR count). The Bertz CT molecular complexity index is 1090. The molecule has 0 aliphatic carbocycles. The quantitative estimate of drug-likeness (QED) is 0.326. The minimum Gasteiger partial charge on any atom is -0.495 e. The molecule has 3 aromatic rings. The minimum atomic E-state index is -0.253. The smallest absolute Gasteiger partial charge is 0.248 e. The molecule has 0 N–H and O–H groups in total. The van der Waals surface area contributed by atoms with Gasteiger partial charge >= 0.3 is 0 Å². The van der Waals surface area contributed by atoms with E-state index < -0.39 is 0 Å². The highest BCUT2D eigenvalue weighted by molar-refractivity contribution is 7.99. The molecule has 0 fully saturated rings. The van der Waals surface area contributed by atoms with E-state index in [-0.39, 0.29) is 11.7 Å². The normalized spacial score (nSPS) is 11.8. The zero-order valence-electron chi connectivity index (χ0n) is 17.7. The van der Waals surface area contributed by atoms with Gasteiger partial charge in [0, 0.05) is 25.0 Å². The van der Waals surface area contributed by atoms with Crippen LogP contribution in [0, 0.1) is 5.82 Å². The lowest BCUT2D eigenvalue weighted by molar-refractivity contribution is -0.118. The fraction of sp³-hybridized carbons (Fsp3) is 0.364. The SMILES string of the molecule is COCCn1c(=NC(=O)CCCSc2ccc(F)cc2)sc2c(OC)ccc(OC)c21. The van der Waals surface area contributed by atoms with Crippen LogP contribution in [0.1, 0.15) is 12.8 Å². The summed E-state index contributed by atoms with van der Waals surface area (Å²) in [6.45, 7) is 1.01. The van der Waals surface area contributed by atoms with Crippen molar-refractivity contribution in [3.63, 3.8) is 0 Å². The van der Waals surface area contributed by atoms with Crippen LogP contribution in [0.15, 0.2) is 46.3 Å². The van der Waals surface area contributed by atoms with Crippen LogP contribution in [0.4, 0.5) is 4.39 Å². The number of fused-ring (bicyclic) bond motifs is 1. The van der Waals surface area contributed by atoms with Gasteiger partial charge in [0.2, 0.25) is 5.91 Å². The Hall–Kier alpha value is -2.36. The molecule has 1 heterocycles. The van der Waals surface area contributed by atoms with Gasteiger partial charge in [-0.3, -0.25) is 4.79 Å². The molecule has 1 aromatic heterocycles. The highest BCUT2D eigenvalue weighted by atomic mass is 32.2. The van der Waals surface area contributed by atoms with E-state index >= 15 is 0 Å². The summed E-state index contributed by atoms with van der Waals surface area (Å²) in [5.41, 5.74) is 0.835. The third-order valence-corrected chi connectivity index (χ3v) is 6.74. The Labute approximate surface area is 188 Å². The Kier molecular flexibility index (Phi) is 8.51. The molecule has 0 unspecified atom stereocenters. The molecule has 6 nitrogen and oxygen atoms in total. The van der Waals surface area contributed by atoms with Crippen molar-refractivity contribution in [3.8, 4) is 11.5 Å². The van der Waals surface area contributed by atoms with E-state index in [0.717, 1.165) is 20.9 Å². The molecular formula is C22H25FN2O4S2. The van der Waals surface area contributed by atoms with Crippen molar-refractivity contribution in [2.45, 2.75) is 24.3 Å². The van der Waals surface area contributed by atoms with E-state index in [1.54, 1.807) is 45.2 Å². The second kappa shape index (κ2) is 11.3. The van der Waals surface area contributed by atoms with Crippen molar-refractivity contribution in [1.82, 2.24) is 4.57 Å². The average Bonchev–Trinajstić information content (AvgIpc) is 3.13. The number of nitrogens with zero attached hydrogens (tertiary/aromatic N) is 2. The molecule has 0 saturated carbocycles. The number of hydrogen-bond acceptors (Lipinski definition) is 6. The van der Waals surface area contributed by atoms with Crippen LogP contribution < -0.4 is 14.3 Å². The van der Waals surface area contributed by atoms with Crippen LogP contribution in [-0.4, -0.2) is 44.2 Å². The van der Waals surface area contributed by atoms with Gasteiger partial charge < -0.3 is 18.8 Å². The lowest BCUT2D eigenvalue weighted by atomic mass is 10.3. The molecule has 0 aliphatic rings. The summed E-state index contributed by atoms with van der Waals surface area (Å²) in [5.74, 6) is 1.71. The van der Waals surface area contributed by atoms with Crippen LogP contribution in [0.2, 0.25) is 0 Å². The molecule has 166 valence electrons. The van der Waals surface area contributed by atoms with Gasteiger partial charge in [-0.25, -0.2) is 4.39 Å². The first-order valence-electron chi connectivity index (χ1n) is 9.76. The summed E-state index contributed by atoms with van der Waals surface area (Å²) in [7, 11) is 4.86. The number of aromatic nitrogens is 1. The largest absolute Gasteiger partial charge is 0.495 e. The first-order chi connectivity index (χ1) is 15.1. The number of benzene rings is 2. The van der Waals surface area contributed by atoms with Crippen LogP contribution in [-0.2, 0) is 16.1 Å². The zero-order chi connectivity index (χ0) is 22.2. The maximum atomic E-state index is 13.0. The summed E-state index contributed by atoms with van der Waals surface area (Å²) >= 11 is 2.99. The van der Waals surface area contributed by atoms with Crippen molar-refractivity contribution in [2.24, 2.45) is 4.99 Å². The second-order valence-corrected chi connectivity index (χ2v) is 8.73. The van der Waals surface area contributed by atoms with Crippen LogP contribution in [0.3, 0.4) is 0 Å². The number of halogens is 1. The molecule has 0 atom stereocenters. The van der Waals surface area contributed by atoms with E-state index in [1.807, 2.05) is 16.7 Å². The zero-order valence-corrected chi connectivity index (χ0v) is 19.4. The Morgan fingerprint density at radius 2 is 1.81 bits per heavy atom. The Balaban J connectivity index is 1.79. The summed E-state index contributed by atoms with van der Waals surface area (Å²) in [5, 5.41) is 0. The van der Waals surface area contributed by atoms with Gasteiger partial charge in [-0.1, -0.05) is 11.3 Å². The predicted molar refractivity (Wildman–Crippen MR) is 122 cm³/mol. The summed E-state index contributed by atoms with van der Waals surface area (Å²) in [6, 6.07) is 10.0. The molecular weight excluding hydrogens is 439 g/mol. The Morgan fingerprint density at radius 3 is 2.48 bits per heavy atom. The van der Waals surface area contributed by atoms with Crippen molar-refractivity contribution in [2.75, 3.05) is 33.7 Å². The highest BCUT2D eigenvalue weighted by Gasteiger charge is 2.16. The van der Waals surface area contributed by atoms with E-state index in [9.17, 15) is 9.18 Å². The van der Waals surface area contributed by atoms with Gasteiger partial charge in [0.15, 0.2) is 4.80 Å². The number of amides is 1. The summed E-state index contributed by atoms with van der Waals surface area (Å²) in [4.78, 5) is 18.5.